The highest BCUT2D eigenvalue weighted by Gasteiger charge is 2.33. The number of methoxy groups -OCH3 is 1. The van der Waals surface area contributed by atoms with Gasteiger partial charge in [0.1, 0.15) is 17.3 Å². The third-order valence-electron chi connectivity index (χ3n) is 3.76. The van der Waals surface area contributed by atoms with E-state index < -0.39 is 29.3 Å². The zero-order valence-electron chi connectivity index (χ0n) is 13.0. The first-order valence-electron chi connectivity index (χ1n) is 7.21. The van der Waals surface area contributed by atoms with E-state index in [-0.39, 0.29) is 6.54 Å². The maximum atomic E-state index is 14.1. The number of halogens is 3. The van der Waals surface area contributed by atoms with Crippen molar-refractivity contribution in [1.82, 2.24) is 0 Å². The number of amides is 1. The van der Waals surface area contributed by atoms with Crippen LogP contribution in [-0.2, 0) is 11.3 Å². The number of hydrogen-bond donors (Lipinski definition) is 0. The summed E-state index contributed by atoms with van der Waals surface area (Å²) in [5, 5.41) is 0.366. The van der Waals surface area contributed by atoms with Gasteiger partial charge in [0.05, 0.1) is 13.7 Å². The standard InChI is InChI=1S/C17H14ClF2NO3/c1-9-17(22)21(15-12(19)4-3-5-13(15)20)8-10-6-11(18)7-14(23-2)16(10)24-9/h3-7,9H,8H2,1-2H3. The fraction of sp³-hybridized carbons (Fsp3) is 0.235. The van der Waals surface area contributed by atoms with Gasteiger partial charge in [0, 0.05) is 16.7 Å². The molecule has 0 aromatic heterocycles. The van der Waals surface area contributed by atoms with Crippen molar-refractivity contribution < 1.29 is 23.0 Å². The highest BCUT2D eigenvalue weighted by Crippen LogP contribution is 2.39. The molecule has 0 spiro atoms. The van der Waals surface area contributed by atoms with Crippen LogP contribution in [0.15, 0.2) is 30.3 Å². The van der Waals surface area contributed by atoms with E-state index in [0.29, 0.717) is 22.1 Å². The number of benzene rings is 2. The normalized spacial score (nSPS) is 17.1. The van der Waals surface area contributed by atoms with E-state index in [1.807, 2.05) is 0 Å². The fourth-order valence-electron chi connectivity index (χ4n) is 2.66. The van der Waals surface area contributed by atoms with E-state index in [1.165, 1.54) is 20.1 Å². The predicted molar refractivity (Wildman–Crippen MR) is 85.6 cm³/mol. The molecule has 1 heterocycles. The third kappa shape index (κ3) is 2.78. The third-order valence-corrected chi connectivity index (χ3v) is 3.98. The Balaban J connectivity index is 2.16. The van der Waals surface area contributed by atoms with Crippen molar-refractivity contribution in [2.75, 3.05) is 12.0 Å². The number of anilines is 1. The smallest absolute Gasteiger partial charge is 0.268 e. The Hall–Kier alpha value is -2.34. The van der Waals surface area contributed by atoms with E-state index in [0.717, 1.165) is 17.0 Å². The van der Waals surface area contributed by atoms with Gasteiger partial charge < -0.3 is 9.47 Å². The minimum absolute atomic E-state index is 0.0900. The molecule has 0 saturated heterocycles. The Morgan fingerprint density at radius 1 is 1.29 bits per heavy atom. The highest BCUT2D eigenvalue weighted by atomic mass is 35.5. The number of fused-ring (bicyclic) bond motifs is 1. The Morgan fingerprint density at radius 3 is 2.58 bits per heavy atom. The van der Waals surface area contributed by atoms with Crippen LogP contribution in [0.1, 0.15) is 12.5 Å². The lowest BCUT2D eigenvalue weighted by Crippen LogP contribution is -2.39. The zero-order chi connectivity index (χ0) is 17.4. The summed E-state index contributed by atoms with van der Waals surface area (Å²) in [7, 11) is 1.45. The summed E-state index contributed by atoms with van der Waals surface area (Å²) in [4.78, 5) is 13.6. The molecule has 7 heteroatoms. The largest absolute Gasteiger partial charge is 0.493 e. The number of carbonyl (C=O) groups is 1. The summed E-state index contributed by atoms with van der Waals surface area (Å²) in [6.45, 7) is 1.42. The average molecular weight is 354 g/mol. The fourth-order valence-corrected chi connectivity index (χ4v) is 2.89. The highest BCUT2D eigenvalue weighted by molar-refractivity contribution is 6.30. The van der Waals surface area contributed by atoms with Gasteiger partial charge >= 0.3 is 0 Å². The molecule has 24 heavy (non-hydrogen) atoms. The molecule has 3 rings (SSSR count). The minimum atomic E-state index is -0.944. The van der Waals surface area contributed by atoms with Crippen LogP contribution in [0.3, 0.4) is 0 Å². The van der Waals surface area contributed by atoms with Crippen LogP contribution in [0.5, 0.6) is 11.5 Å². The quantitative estimate of drug-likeness (QED) is 0.820. The van der Waals surface area contributed by atoms with Gasteiger partial charge in [0.2, 0.25) is 0 Å². The molecule has 4 nitrogen and oxygen atoms in total. The predicted octanol–water partition coefficient (Wildman–Crippen LogP) is 3.94. The van der Waals surface area contributed by atoms with E-state index in [1.54, 1.807) is 12.1 Å². The maximum absolute atomic E-state index is 14.1. The van der Waals surface area contributed by atoms with E-state index in [9.17, 15) is 13.6 Å². The summed E-state index contributed by atoms with van der Waals surface area (Å²) in [5.74, 6) is -1.52. The van der Waals surface area contributed by atoms with Gasteiger partial charge in [0.25, 0.3) is 5.91 Å². The molecule has 1 amide bonds. The average Bonchev–Trinajstić information content (AvgIpc) is 2.65. The molecule has 0 radical (unpaired) electrons. The number of carbonyl (C=O) groups excluding carboxylic acids is 1. The monoisotopic (exact) mass is 353 g/mol. The van der Waals surface area contributed by atoms with Gasteiger partial charge in [-0.05, 0) is 25.1 Å². The summed E-state index contributed by atoms with van der Waals surface area (Å²) >= 11 is 6.06. The molecule has 0 saturated carbocycles. The Bertz CT molecular complexity index is 792. The van der Waals surface area contributed by atoms with Gasteiger partial charge in [-0.25, -0.2) is 8.78 Å². The molecule has 2 aromatic carbocycles. The van der Waals surface area contributed by atoms with Gasteiger partial charge in [-0.3, -0.25) is 9.69 Å². The van der Waals surface area contributed by atoms with Crippen molar-refractivity contribution in [2.45, 2.75) is 19.6 Å². The lowest BCUT2D eigenvalue weighted by Gasteiger charge is -2.23. The van der Waals surface area contributed by atoms with Crippen molar-refractivity contribution >= 4 is 23.2 Å². The van der Waals surface area contributed by atoms with Crippen LogP contribution in [0.2, 0.25) is 5.02 Å². The van der Waals surface area contributed by atoms with Crippen molar-refractivity contribution in [1.29, 1.82) is 0 Å². The van der Waals surface area contributed by atoms with Gasteiger partial charge in [-0.15, -0.1) is 0 Å². The molecule has 0 N–H and O–H groups in total. The molecule has 0 fully saturated rings. The first-order valence-corrected chi connectivity index (χ1v) is 7.58. The van der Waals surface area contributed by atoms with Crippen molar-refractivity contribution in [2.24, 2.45) is 0 Å². The van der Waals surface area contributed by atoms with Gasteiger partial charge in [0.15, 0.2) is 17.6 Å². The molecule has 0 bridgehead atoms. The molecule has 0 aliphatic carbocycles. The molecule has 1 aliphatic rings. The first-order chi connectivity index (χ1) is 11.4. The molecule has 126 valence electrons. The number of rotatable bonds is 2. The SMILES string of the molecule is COc1cc(Cl)cc2c1OC(C)C(=O)N(c1c(F)cccc1F)C2. The molecule has 2 aromatic rings. The van der Waals surface area contributed by atoms with Crippen molar-refractivity contribution in [3.05, 3.63) is 52.6 Å². The van der Waals surface area contributed by atoms with Gasteiger partial charge in [-0.2, -0.15) is 0 Å². The van der Waals surface area contributed by atoms with Gasteiger partial charge in [-0.1, -0.05) is 17.7 Å². The zero-order valence-corrected chi connectivity index (χ0v) is 13.7. The molecule has 1 atom stereocenters. The topological polar surface area (TPSA) is 38.8 Å². The van der Waals surface area contributed by atoms with Crippen LogP contribution in [0.25, 0.3) is 0 Å². The first kappa shape index (κ1) is 16.5. The molecular formula is C17H14ClF2NO3. The number of ether oxygens (including phenoxy) is 2. The minimum Gasteiger partial charge on any atom is -0.493 e. The Kier molecular flexibility index (Phi) is 4.32. The van der Waals surface area contributed by atoms with E-state index in [2.05, 4.69) is 0 Å². The molecule has 1 unspecified atom stereocenters. The lowest BCUT2D eigenvalue weighted by molar-refractivity contribution is -0.124. The number of para-hydroxylation sites is 1. The second-order valence-electron chi connectivity index (χ2n) is 5.35. The van der Waals surface area contributed by atoms with Crippen LogP contribution in [-0.4, -0.2) is 19.1 Å². The van der Waals surface area contributed by atoms with E-state index >= 15 is 0 Å². The van der Waals surface area contributed by atoms with Crippen molar-refractivity contribution in [3.63, 3.8) is 0 Å². The van der Waals surface area contributed by atoms with Crippen LogP contribution >= 0.6 is 11.6 Å². The summed E-state index contributed by atoms with van der Waals surface area (Å²) in [5.41, 5.74) is 0.0874. The second kappa shape index (κ2) is 6.28. The Morgan fingerprint density at radius 2 is 1.96 bits per heavy atom. The lowest BCUT2D eigenvalue weighted by atomic mass is 10.1. The van der Waals surface area contributed by atoms with E-state index in [4.69, 9.17) is 21.1 Å². The summed E-state index contributed by atoms with van der Waals surface area (Å²) in [6.07, 6.45) is -0.944. The summed E-state index contributed by atoms with van der Waals surface area (Å²) in [6, 6.07) is 6.57. The maximum Gasteiger partial charge on any atom is 0.268 e. The number of hydrogen-bond acceptors (Lipinski definition) is 3. The van der Waals surface area contributed by atoms with Crippen LogP contribution in [0.4, 0.5) is 14.5 Å². The summed E-state index contributed by atoms with van der Waals surface area (Å²) < 4.78 is 39.2. The van der Waals surface area contributed by atoms with Crippen LogP contribution in [0, 0.1) is 11.6 Å². The second-order valence-corrected chi connectivity index (χ2v) is 5.79. The molecular weight excluding hydrogens is 340 g/mol. The van der Waals surface area contributed by atoms with Crippen LogP contribution < -0.4 is 14.4 Å². The van der Waals surface area contributed by atoms with Crippen molar-refractivity contribution in [3.8, 4) is 11.5 Å². The number of nitrogens with zero attached hydrogens (tertiary/aromatic N) is 1. The molecule has 1 aliphatic heterocycles. The Labute approximate surface area is 142 Å².